The van der Waals surface area contributed by atoms with Gasteiger partial charge in [0.2, 0.25) is 23.7 Å². The molecule has 0 saturated heterocycles. The molecule has 232 valence electrons. The number of methoxy groups -OCH3 is 1. The molecule has 0 unspecified atom stereocenters. The molecule has 0 fully saturated rings. The molecule has 3 N–H and O–H groups in total. The van der Waals surface area contributed by atoms with Gasteiger partial charge in [-0.2, -0.15) is 9.37 Å². The largest absolute Gasteiger partial charge is 0.497 e. The summed E-state index contributed by atoms with van der Waals surface area (Å²) in [7, 11) is 7.07. The third kappa shape index (κ3) is 10.7. The number of pyridine rings is 1. The molecule has 1 aromatic carbocycles. The lowest BCUT2D eigenvalue weighted by Crippen LogP contribution is -2.47. The molecule has 0 saturated carbocycles. The summed E-state index contributed by atoms with van der Waals surface area (Å²) in [5.74, 6) is 6.71. The van der Waals surface area contributed by atoms with Crippen molar-refractivity contribution in [1.29, 1.82) is 0 Å². The molecule has 0 aliphatic heterocycles. The second-order valence-electron chi connectivity index (χ2n) is 10.0. The van der Waals surface area contributed by atoms with Crippen molar-refractivity contribution in [2.45, 2.75) is 32.2 Å². The molecule has 2 amide bonds. The van der Waals surface area contributed by atoms with Crippen molar-refractivity contribution in [1.82, 2.24) is 30.1 Å². The number of carbonyl (C=O) groups excluding carboxylic acids is 2. The van der Waals surface area contributed by atoms with Gasteiger partial charge in [-0.1, -0.05) is 24.8 Å². The predicted octanol–water partition coefficient (Wildman–Crippen LogP) is 4.11. The maximum absolute atomic E-state index is 13.2. The third-order valence-corrected chi connectivity index (χ3v) is 6.36. The van der Waals surface area contributed by atoms with E-state index in [0.29, 0.717) is 49.4 Å². The number of hydrogen-bond donors (Lipinski definition) is 3. The Hall–Kier alpha value is -5.02. The van der Waals surface area contributed by atoms with E-state index in [0.717, 1.165) is 11.4 Å². The maximum Gasteiger partial charge on any atom is 0.246 e. The molecule has 2 aromatic heterocycles. The van der Waals surface area contributed by atoms with E-state index in [4.69, 9.17) is 4.74 Å². The number of hydrogen-bond acceptors (Lipinski definition) is 9. The number of likely N-dealkylation sites (N-methyl/N-ethyl adjacent to an activating group) is 2. The summed E-state index contributed by atoms with van der Waals surface area (Å²) in [6.45, 7) is 2.94. The zero-order valence-electron chi connectivity index (χ0n) is 25.7. The van der Waals surface area contributed by atoms with Crippen LogP contribution in [0, 0.1) is 17.8 Å². The van der Waals surface area contributed by atoms with Crippen molar-refractivity contribution in [2.24, 2.45) is 0 Å². The highest BCUT2D eigenvalue weighted by Gasteiger charge is 2.23. The molecule has 0 aliphatic rings. The smallest absolute Gasteiger partial charge is 0.246 e. The predicted molar refractivity (Wildman–Crippen MR) is 169 cm³/mol. The van der Waals surface area contributed by atoms with Gasteiger partial charge in [-0.25, -0.2) is 9.97 Å². The van der Waals surface area contributed by atoms with Crippen LogP contribution < -0.4 is 20.7 Å². The number of nitrogens with one attached hydrogen (secondary N) is 3. The summed E-state index contributed by atoms with van der Waals surface area (Å²) in [6, 6.07) is 9.58. The first-order valence-electron chi connectivity index (χ1n) is 14.2. The number of carbonyl (C=O) groups is 2. The van der Waals surface area contributed by atoms with Crippen LogP contribution in [0.15, 0.2) is 60.9 Å². The quantitative estimate of drug-likeness (QED) is 0.108. The number of unbranched alkanes of at least 4 members (excludes halogenated alkanes) is 1. The van der Waals surface area contributed by atoms with Gasteiger partial charge in [0.05, 0.1) is 30.8 Å². The average Bonchev–Trinajstić information content (AvgIpc) is 3.01. The van der Waals surface area contributed by atoms with Gasteiger partial charge in [-0.3, -0.25) is 9.59 Å². The minimum Gasteiger partial charge on any atom is -0.497 e. The number of ether oxygens (including phenoxy) is 1. The molecule has 12 heteroatoms. The first kappa shape index (κ1) is 33.5. The van der Waals surface area contributed by atoms with Crippen molar-refractivity contribution in [3.05, 3.63) is 72.5 Å². The van der Waals surface area contributed by atoms with E-state index < -0.39 is 12.0 Å². The molecule has 3 rings (SSSR count). The van der Waals surface area contributed by atoms with Crippen LogP contribution >= 0.6 is 0 Å². The van der Waals surface area contributed by atoms with Gasteiger partial charge in [-0.15, -0.1) is 0 Å². The monoisotopic (exact) mass is 602 g/mol. The summed E-state index contributed by atoms with van der Waals surface area (Å²) in [6.07, 6.45) is 7.86. The fourth-order valence-electron chi connectivity index (χ4n) is 3.95. The maximum atomic E-state index is 13.2. The molecular formula is C32H39FN8O3. The van der Waals surface area contributed by atoms with Gasteiger partial charge >= 0.3 is 0 Å². The summed E-state index contributed by atoms with van der Waals surface area (Å²) in [5, 5.41) is 9.18. The van der Waals surface area contributed by atoms with Crippen LogP contribution in [-0.2, 0) is 9.59 Å². The molecule has 0 aliphatic carbocycles. The van der Waals surface area contributed by atoms with Crippen LogP contribution in [0.25, 0.3) is 0 Å². The van der Waals surface area contributed by atoms with Gasteiger partial charge in [-0.05, 0) is 63.3 Å². The number of rotatable bonds is 14. The first-order valence-corrected chi connectivity index (χ1v) is 14.2. The van der Waals surface area contributed by atoms with Crippen LogP contribution in [-0.4, -0.2) is 84.0 Å². The Morgan fingerprint density at radius 2 is 1.80 bits per heavy atom. The Bertz CT molecular complexity index is 1470. The number of anilines is 4. The number of benzene rings is 1. The average molecular weight is 603 g/mol. The fraction of sp³-hybridized carbons (Fsp3) is 0.344. The van der Waals surface area contributed by atoms with Crippen molar-refractivity contribution in [3.8, 4) is 17.6 Å². The highest BCUT2D eigenvalue weighted by atomic mass is 19.1. The number of nitrogens with zero attached hydrogens (tertiary/aromatic N) is 5. The van der Waals surface area contributed by atoms with Crippen LogP contribution in [0.1, 0.15) is 31.7 Å². The Kier molecular flexibility index (Phi) is 13.1. The highest BCUT2D eigenvalue weighted by Crippen LogP contribution is 2.23. The van der Waals surface area contributed by atoms with Crippen LogP contribution in [0.2, 0.25) is 0 Å². The molecule has 0 radical (unpaired) electrons. The summed E-state index contributed by atoms with van der Waals surface area (Å²) in [5.41, 5.74) is 1.87. The molecule has 44 heavy (non-hydrogen) atoms. The van der Waals surface area contributed by atoms with Crippen molar-refractivity contribution < 1.29 is 18.7 Å². The van der Waals surface area contributed by atoms with E-state index in [1.807, 2.05) is 50.2 Å². The van der Waals surface area contributed by atoms with E-state index in [-0.39, 0.29) is 17.8 Å². The normalized spacial score (nSPS) is 11.4. The van der Waals surface area contributed by atoms with Crippen molar-refractivity contribution in [3.63, 3.8) is 0 Å². The second-order valence-corrected chi connectivity index (χ2v) is 10.0. The van der Waals surface area contributed by atoms with Crippen molar-refractivity contribution >= 4 is 35.0 Å². The van der Waals surface area contributed by atoms with Crippen LogP contribution in [0.4, 0.5) is 27.5 Å². The number of amides is 2. The van der Waals surface area contributed by atoms with E-state index >= 15 is 0 Å². The summed E-state index contributed by atoms with van der Waals surface area (Å²) in [4.78, 5) is 41.2. The van der Waals surface area contributed by atoms with E-state index in [2.05, 4.69) is 42.7 Å². The zero-order chi connectivity index (χ0) is 31.9. The first-order chi connectivity index (χ1) is 21.2. The fourth-order valence-corrected chi connectivity index (χ4v) is 3.95. The second kappa shape index (κ2) is 17.2. The lowest BCUT2D eigenvalue weighted by molar-refractivity contribution is -0.135. The van der Waals surface area contributed by atoms with Gasteiger partial charge in [0.25, 0.3) is 0 Å². The van der Waals surface area contributed by atoms with E-state index in [1.54, 1.807) is 26.4 Å². The third-order valence-electron chi connectivity index (χ3n) is 6.36. The zero-order valence-corrected chi connectivity index (χ0v) is 25.7. The standard InChI is InChI=1S/C32H39FN8O3/c1-6-27(41(4)29(42)12-10-20-40(2)3)31(43)34-19-9-7-8-11-23-21-36-32(38-25-15-18-28(33)35-22-25)39-30(23)37-24-13-16-26(44-5)17-14-24/h10,12-18,21-22,27H,6-7,9,19-20H2,1-5H3,(H,34,43)(H2,36,37,38,39)/b12-10+/t27-/m0/s1. The lowest BCUT2D eigenvalue weighted by Gasteiger charge is -2.25. The molecule has 11 nitrogen and oxygen atoms in total. The van der Waals surface area contributed by atoms with Gasteiger partial charge < -0.3 is 30.5 Å². The van der Waals surface area contributed by atoms with Crippen molar-refractivity contribution in [2.75, 3.05) is 52.0 Å². The SMILES string of the molecule is CC[C@@H](C(=O)NCCCC#Cc1cnc(Nc2ccc(F)nc2)nc1Nc1ccc(OC)cc1)N(C)C(=O)/C=C/CN(C)C. The Labute approximate surface area is 257 Å². The molecular weight excluding hydrogens is 563 g/mol. The Morgan fingerprint density at radius 3 is 2.45 bits per heavy atom. The lowest BCUT2D eigenvalue weighted by atomic mass is 10.1. The highest BCUT2D eigenvalue weighted by molar-refractivity contribution is 5.92. The number of halogens is 1. The van der Waals surface area contributed by atoms with E-state index in [9.17, 15) is 14.0 Å². The van der Waals surface area contributed by atoms with Crippen LogP contribution in [0.5, 0.6) is 5.75 Å². The summed E-state index contributed by atoms with van der Waals surface area (Å²) < 4.78 is 18.4. The molecule has 1 atom stereocenters. The van der Waals surface area contributed by atoms with Gasteiger partial charge in [0.1, 0.15) is 11.8 Å². The minimum atomic E-state index is -0.584. The topological polar surface area (TPSA) is 125 Å². The van der Waals surface area contributed by atoms with Gasteiger partial charge in [0.15, 0.2) is 5.82 Å². The van der Waals surface area contributed by atoms with E-state index in [1.165, 1.54) is 29.3 Å². The molecule has 2 heterocycles. The number of aromatic nitrogens is 3. The molecule has 0 bridgehead atoms. The summed E-state index contributed by atoms with van der Waals surface area (Å²) >= 11 is 0. The Morgan fingerprint density at radius 1 is 1.05 bits per heavy atom. The van der Waals surface area contributed by atoms with Crippen LogP contribution in [0.3, 0.4) is 0 Å². The molecule has 3 aromatic rings. The minimum absolute atomic E-state index is 0.198. The molecule has 0 spiro atoms. The Balaban J connectivity index is 1.61. The van der Waals surface area contributed by atoms with Gasteiger partial charge in [0, 0.05) is 38.3 Å².